The molecule has 0 amide bonds. The summed E-state index contributed by atoms with van der Waals surface area (Å²) in [6.45, 7) is 4.50. The Labute approximate surface area is 143 Å². The SMILES string of the molecule is CN=C(NCCCCCOC)N(C)Cc1csc(C(C)OC)n1. The molecule has 0 aromatic carbocycles. The fraction of sp³-hybridized carbons (Fsp3) is 0.750. The largest absolute Gasteiger partial charge is 0.385 e. The van der Waals surface area contributed by atoms with Crippen LogP contribution in [-0.2, 0) is 16.0 Å². The second-order valence-electron chi connectivity index (χ2n) is 5.44. The van der Waals surface area contributed by atoms with Crippen LogP contribution in [0.4, 0.5) is 0 Å². The van der Waals surface area contributed by atoms with Crippen LogP contribution in [0.3, 0.4) is 0 Å². The molecular weight excluding hydrogens is 312 g/mol. The molecule has 1 aromatic heterocycles. The van der Waals surface area contributed by atoms with Gasteiger partial charge in [-0.05, 0) is 26.2 Å². The van der Waals surface area contributed by atoms with Crippen molar-refractivity contribution in [1.82, 2.24) is 15.2 Å². The van der Waals surface area contributed by atoms with Gasteiger partial charge in [0.1, 0.15) is 11.1 Å². The Bertz CT molecular complexity index is 465. The third-order valence-electron chi connectivity index (χ3n) is 3.55. The van der Waals surface area contributed by atoms with E-state index in [0.717, 1.165) is 55.6 Å². The molecule has 6 nitrogen and oxygen atoms in total. The Balaban J connectivity index is 2.38. The number of aliphatic imine (C=N–C) groups is 1. The van der Waals surface area contributed by atoms with Crippen molar-refractivity contribution in [2.24, 2.45) is 4.99 Å². The topological polar surface area (TPSA) is 59.0 Å². The molecule has 0 saturated heterocycles. The smallest absolute Gasteiger partial charge is 0.193 e. The maximum absolute atomic E-state index is 5.31. The van der Waals surface area contributed by atoms with Gasteiger partial charge in [0.25, 0.3) is 0 Å². The minimum absolute atomic E-state index is 0.0450. The maximum atomic E-state index is 5.31. The number of guanidine groups is 1. The van der Waals surface area contributed by atoms with Crippen LogP contribution in [0.2, 0.25) is 0 Å². The molecule has 0 aliphatic heterocycles. The van der Waals surface area contributed by atoms with E-state index < -0.39 is 0 Å². The molecule has 0 aliphatic carbocycles. The molecule has 0 bridgehead atoms. The fourth-order valence-electron chi connectivity index (χ4n) is 2.13. The zero-order chi connectivity index (χ0) is 17.1. The summed E-state index contributed by atoms with van der Waals surface area (Å²) in [6, 6.07) is 0. The molecule has 0 radical (unpaired) electrons. The number of thiazole rings is 1. The highest BCUT2D eigenvalue weighted by atomic mass is 32.1. The first-order chi connectivity index (χ1) is 11.1. The van der Waals surface area contributed by atoms with Gasteiger partial charge in [-0.15, -0.1) is 11.3 Å². The number of rotatable bonds is 10. The number of nitrogens with one attached hydrogen (secondary N) is 1. The zero-order valence-electron chi connectivity index (χ0n) is 15.0. The van der Waals surface area contributed by atoms with E-state index in [4.69, 9.17) is 9.47 Å². The highest BCUT2D eigenvalue weighted by Crippen LogP contribution is 2.20. The summed E-state index contributed by atoms with van der Waals surface area (Å²) in [5, 5.41) is 6.49. The van der Waals surface area contributed by atoms with Crippen LogP contribution < -0.4 is 5.32 Å². The van der Waals surface area contributed by atoms with E-state index in [-0.39, 0.29) is 6.10 Å². The lowest BCUT2D eigenvalue weighted by Crippen LogP contribution is -2.38. The lowest BCUT2D eigenvalue weighted by molar-refractivity contribution is 0.119. The summed E-state index contributed by atoms with van der Waals surface area (Å²) in [5.74, 6) is 0.895. The van der Waals surface area contributed by atoms with E-state index >= 15 is 0 Å². The highest BCUT2D eigenvalue weighted by molar-refractivity contribution is 7.09. The van der Waals surface area contributed by atoms with Crippen molar-refractivity contribution >= 4 is 17.3 Å². The number of ether oxygens (including phenoxy) is 2. The Hall–Kier alpha value is -1.18. The van der Waals surface area contributed by atoms with Crippen molar-refractivity contribution < 1.29 is 9.47 Å². The van der Waals surface area contributed by atoms with Gasteiger partial charge in [0.2, 0.25) is 0 Å². The van der Waals surface area contributed by atoms with Gasteiger partial charge in [0, 0.05) is 46.8 Å². The van der Waals surface area contributed by atoms with E-state index in [1.165, 1.54) is 0 Å². The Morgan fingerprint density at radius 3 is 2.83 bits per heavy atom. The van der Waals surface area contributed by atoms with Crippen LogP contribution in [-0.4, -0.2) is 57.3 Å². The van der Waals surface area contributed by atoms with Gasteiger partial charge >= 0.3 is 0 Å². The van der Waals surface area contributed by atoms with Crippen LogP contribution >= 0.6 is 11.3 Å². The Morgan fingerprint density at radius 1 is 1.39 bits per heavy atom. The number of unbranched alkanes of at least 4 members (excludes halogenated alkanes) is 2. The summed E-state index contributed by atoms with van der Waals surface area (Å²) >= 11 is 1.64. The second kappa shape index (κ2) is 11.4. The van der Waals surface area contributed by atoms with Gasteiger partial charge in [-0.25, -0.2) is 4.98 Å². The number of aromatic nitrogens is 1. The first-order valence-electron chi connectivity index (χ1n) is 8.00. The van der Waals surface area contributed by atoms with Gasteiger partial charge in [-0.3, -0.25) is 4.99 Å². The number of nitrogens with zero attached hydrogens (tertiary/aromatic N) is 3. The fourth-order valence-corrected chi connectivity index (χ4v) is 2.98. The summed E-state index contributed by atoms with van der Waals surface area (Å²) in [7, 11) is 7.28. The van der Waals surface area contributed by atoms with Gasteiger partial charge < -0.3 is 19.7 Å². The van der Waals surface area contributed by atoms with Gasteiger partial charge in [-0.1, -0.05) is 0 Å². The zero-order valence-corrected chi connectivity index (χ0v) is 15.8. The molecule has 1 aromatic rings. The molecule has 0 spiro atoms. The molecular formula is C16H30N4O2S. The molecule has 23 heavy (non-hydrogen) atoms. The quantitative estimate of drug-likeness (QED) is 0.402. The molecule has 1 heterocycles. The molecule has 1 N–H and O–H groups in total. The lowest BCUT2D eigenvalue weighted by atomic mass is 10.2. The maximum Gasteiger partial charge on any atom is 0.193 e. The van der Waals surface area contributed by atoms with E-state index in [0.29, 0.717) is 0 Å². The number of methoxy groups -OCH3 is 2. The molecule has 1 atom stereocenters. The monoisotopic (exact) mass is 342 g/mol. The van der Waals surface area contributed by atoms with Crippen molar-refractivity contribution in [2.45, 2.75) is 38.8 Å². The molecule has 0 fully saturated rings. The third-order valence-corrected chi connectivity index (χ3v) is 4.61. The van der Waals surface area contributed by atoms with E-state index in [9.17, 15) is 0 Å². The average Bonchev–Trinajstić information content (AvgIpc) is 3.01. The Morgan fingerprint density at radius 2 is 2.17 bits per heavy atom. The van der Waals surface area contributed by atoms with Crippen molar-refractivity contribution in [3.8, 4) is 0 Å². The highest BCUT2D eigenvalue weighted by Gasteiger charge is 2.12. The molecule has 1 rings (SSSR count). The average molecular weight is 343 g/mol. The standard InChI is InChI=1S/C16H30N4O2S/c1-13(22-5)15-19-14(12-23-15)11-20(3)16(17-2)18-9-7-6-8-10-21-4/h12-13H,6-11H2,1-5H3,(H,17,18). The normalized spacial score (nSPS) is 13.2. The molecule has 1 unspecified atom stereocenters. The number of hydrogen-bond acceptors (Lipinski definition) is 5. The summed E-state index contributed by atoms with van der Waals surface area (Å²) < 4.78 is 10.4. The first kappa shape index (κ1) is 19.9. The van der Waals surface area contributed by atoms with Gasteiger partial charge in [0.15, 0.2) is 5.96 Å². The van der Waals surface area contributed by atoms with E-state index in [2.05, 4.69) is 25.6 Å². The van der Waals surface area contributed by atoms with Crippen molar-refractivity contribution in [1.29, 1.82) is 0 Å². The van der Waals surface area contributed by atoms with Crippen LogP contribution in [0.5, 0.6) is 0 Å². The molecule has 132 valence electrons. The minimum atomic E-state index is 0.0450. The van der Waals surface area contributed by atoms with Crippen molar-refractivity contribution in [3.05, 3.63) is 16.1 Å². The lowest BCUT2D eigenvalue weighted by Gasteiger charge is -2.21. The summed E-state index contributed by atoms with van der Waals surface area (Å²) in [5.41, 5.74) is 1.04. The van der Waals surface area contributed by atoms with Crippen molar-refractivity contribution in [3.63, 3.8) is 0 Å². The van der Waals surface area contributed by atoms with Gasteiger partial charge in [-0.2, -0.15) is 0 Å². The van der Waals surface area contributed by atoms with Crippen LogP contribution in [0.25, 0.3) is 0 Å². The number of hydrogen-bond donors (Lipinski definition) is 1. The summed E-state index contributed by atoms with van der Waals surface area (Å²) in [4.78, 5) is 11.0. The predicted octanol–water partition coefficient (Wildman–Crippen LogP) is 2.67. The summed E-state index contributed by atoms with van der Waals surface area (Å²) in [6.07, 6.45) is 3.42. The Kier molecular flexibility index (Phi) is 9.82. The molecule has 0 saturated carbocycles. The second-order valence-corrected chi connectivity index (χ2v) is 6.33. The first-order valence-corrected chi connectivity index (χ1v) is 8.88. The molecule has 0 aliphatic rings. The predicted molar refractivity (Wildman–Crippen MR) is 96.1 cm³/mol. The van der Waals surface area contributed by atoms with Gasteiger partial charge in [0.05, 0.1) is 12.2 Å². The minimum Gasteiger partial charge on any atom is -0.385 e. The molecule has 7 heteroatoms. The van der Waals surface area contributed by atoms with Crippen molar-refractivity contribution in [2.75, 3.05) is 41.5 Å². The van der Waals surface area contributed by atoms with E-state index in [1.807, 2.05) is 21.0 Å². The van der Waals surface area contributed by atoms with E-state index in [1.54, 1.807) is 25.6 Å². The third kappa shape index (κ3) is 7.28. The van der Waals surface area contributed by atoms with Crippen LogP contribution in [0.1, 0.15) is 43.0 Å². The van der Waals surface area contributed by atoms with Crippen LogP contribution in [0.15, 0.2) is 10.4 Å². The van der Waals surface area contributed by atoms with Crippen LogP contribution in [0, 0.1) is 0 Å².